The highest BCUT2D eigenvalue weighted by molar-refractivity contribution is 5.96. The van der Waals surface area contributed by atoms with Crippen molar-refractivity contribution in [3.63, 3.8) is 0 Å². The number of carbonyl (C=O) groups excluding carboxylic acids is 2. The minimum atomic E-state index is -0.139. The van der Waals surface area contributed by atoms with Crippen molar-refractivity contribution in [1.29, 1.82) is 0 Å². The van der Waals surface area contributed by atoms with Crippen molar-refractivity contribution in [2.24, 2.45) is 5.92 Å². The third-order valence-electron chi connectivity index (χ3n) is 7.14. The van der Waals surface area contributed by atoms with Gasteiger partial charge in [-0.25, -0.2) is 0 Å². The first-order valence-electron chi connectivity index (χ1n) is 13.8. The summed E-state index contributed by atoms with van der Waals surface area (Å²) < 4.78 is 10.4. The zero-order valence-corrected chi connectivity index (χ0v) is 23.9. The summed E-state index contributed by atoms with van der Waals surface area (Å²) in [7, 11) is 3.24. The number of hydrogen-bond acceptors (Lipinski definition) is 7. The predicted octanol–water partition coefficient (Wildman–Crippen LogP) is 4.39. The van der Waals surface area contributed by atoms with Gasteiger partial charge in [-0.05, 0) is 79.4 Å². The summed E-state index contributed by atoms with van der Waals surface area (Å²) in [5.41, 5.74) is 2.32. The Morgan fingerprint density at radius 2 is 1.52 bits per heavy atom. The van der Waals surface area contributed by atoms with Gasteiger partial charge in [0.15, 0.2) is 5.82 Å². The number of carbonyl (C=O) groups is 2. The zero-order valence-electron chi connectivity index (χ0n) is 23.9. The highest BCUT2D eigenvalue weighted by Gasteiger charge is 2.25. The number of amides is 2. The Morgan fingerprint density at radius 3 is 2.12 bits per heavy atom. The molecule has 0 bridgehead atoms. The van der Waals surface area contributed by atoms with E-state index in [1.165, 1.54) is 0 Å². The fourth-order valence-electron chi connectivity index (χ4n) is 4.65. The Bertz CT molecular complexity index is 1250. The van der Waals surface area contributed by atoms with Crippen molar-refractivity contribution in [3.05, 3.63) is 66.2 Å². The van der Waals surface area contributed by atoms with Gasteiger partial charge in [0.1, 0.15) is 18.0 Å². The maximum Gasteiger partial charge on any atom is 0.254 e. The highest BCUT2D eigenvalue weighted by atomic mass is 16.5. The Kier molecular flexibility index (Phi) is 9.94. The van der Waals surface area contributed by atoms with Crippen molar-refractivity contribution in [2.45, 2.75) is 26.7 Å². The fourth-order valence-corrected chi connectivity index (χ4v) is 4.65. The third-order valence-corrected chi connectivity index (χ3v) is 7.14. The molecule has 1 aliphatic heterocycles. The Labute approximate surface area is 236 Å². The molecule has 40 heavy (non-hydrogen) atoms. The van der Waals surface area contributed by atoms with E-state index in [2.05, 4.69) is 28.9 Å². The van der Waals surface area contributed by atoms with Gasteiger partial charge in [0.2, 0.25) is 5.91 Å². The molecule has 0 radical (unpaired) electrons. The smallest absolute Gasteiger partial charge is 0.254 e. The average molecular weight is 546 g/mol. The molecule has 0 aliphatic carbocycles. The third kappa shape index (κ3) is 7.49. The van der Waals surface area contributed by atoms with E-state index in [1.807, 2.05) is 41.3 Å². The molecule has 0 N–H and O–H groups in total. The average Bonchev–Trinajstić information content (AvgIpc) is 3.25. The quantitative estimate of drug-likeness (QED) is 0.373. The molecule has 1 saturated heterocycles. The van der Waals surface area contributed by atoms with Crippen LogP contribution in [0.5, 0.6) is 11.5 Å². The number of benzene rings is 2. The summed E-state index contributed by atoms with van der Waals surface area (Å²) in [5.74, 6) is 2.53. The highest BCUT2D eigenvalue weighted by Crippen LogP contribution is 2.22. The van der Waals surface area contributed by atoms with Gasteiger partial charge in [-0.15, -0.1) is 10.2 Å². The maximum absolute atomic E-state index is 13.4. The standard InChI is InChI=1S/C31H39N5O4/c1-23(2)16-19-36(31(38)25-8-12-27(40-4)13-9-25)22-30(37)35-18-5-17-34(20-21-35)29-15-14-28(32-33-29)24-6-10-26(39-3)11-7-24/h6-15,23H,5,16-22H2,1-4H3. The first kappa shape index (κ1) is 28.9. The summed E-state index contributed by atoms with van der Waals surface area (Å²) >= 11 is 0. The molecule has 212 valence electrons. The number of anilines is 1. The van der Waals surface area contributed by atoms with Crippen LogP contribution < -0.4 is 14.4 Å². The Balaban J connectivity index is 1.37. The van der Waals surface area contributed by atoms with Crippen molar-refractivity contribution in [1.82, 2.24) is 20.0 Å². The van der Waals surface area contributed by atoms with Gasteiger partial charge in [-0.2, -0.15) is 0 Å². The number of nitrogens with zero attached hydrogens (tertiary/aromatic N) is 5. The van der Waals surface area contributed by atoms with E-state index in [0.29, 0.717) is 43.4 Å². The molecular weight excluding hydrogens is 506 g/mol. The second kappa shape index (κ2) is 13.8. The van der Waals surface area contributed by atoms with Crippen molar-refractivity contribution in [3.8, 4) is 22.8 Å². The summed E-state index contributed by atoms with van der Waals surface area (Å²) in [6.45, 7) is 7.47. The van der Waals surface area contributed by atoms with E-state index in [0.717, 1.165) is 42.2 Å². The van der Waals surface area contributed by atoms with Gasteiger partial charge in [-0.1, -0.05) is 13.8 Å². The molecule has 1 aliphatic rings. The van der Waals surface area contributed by atoms with Crippen LogP contribution in [0, 0.1) is 5.92 Å². The van der Waals surface area contributed by atoms with E-state index in [4.69, 9.17) is 9.47 Å². The lowest BCUT2D eigenvalue weighted by Gasteiger charge is -2.27. The SMILES string of the molecule is COc1ccc(C(=O)N(CCC(C)C)CC(=O)N2CCCN(c3ccc(-c4ccc(OC)cc4)nn3)CC2)cc1. The van der Waals surface area contributed by atoms with Crippen LogP contribution in [0.25, 0.3) is 11.3 Å². The lowest BCUT2D eigenvalue weighted by molar-refractivity contribution is -0.131. The van der Waals surface area contributed by atoms with Gasteiger partial charge >= 0.3 is 0 Å². The van der Waals surface area contributed by atoms with Gasteiger partial charge in [-0.3, -0.25) is 9.59 Å². The van der Waals surface area contributed by atoms with Crippen LogP contribution in [0.1, 0.15) is 37.0 Å². The van der Waals surface area contributed by atoms with E-state index in [1.54, 1.807) is 43.4 Å². The number of methoxy groups -OCH3 is 2. The van der Waals surface area contributed by atoms with Crippen LogP contribution in [0.3, 0.4) is 0 Å². The van der Waals surface area contributed by atoms with E-state index < -0.39 is 0 Å². The largest absolute Gasteiger partial charge is 0.497 e. The van der Waals surface area contributed by atoms with Crippen LogP contribution in [-0.4, -0.2) is 85.3 Å². The second-order valence-corrected chi connectivity index (χ2v) is 10.4. The van der Waals surface area contributed by atoms with Gasteiger partial charge in [0.05, 0.1) is 19.9 Å². The molecule has 2 amide bonds. The lowest BCUT2D eigenvalue weighted by atomic mass is 10.1. The Morgan fingerprint density at radius 1 is 0.850 bits per heavy atom. The summed E-state index contributed by atoms with van der Waals surface area (Å²) in [5, 5.41) is 8.90. The minimum absolute atomic E-state index is 0.0339. The first-order chi connectivity index (χ1) is 19.4. The van der Waals surface area contributed by atoms with E-state index in [-0.39, 0.29) is 18.4 Å². The topological polar surface area (TPSA) is 88.1 Å². The molecule has 1 fully saturated rings. The second-order valence-electron chi connectivity index (χ2n) is 10.4. The normalized spacial score (nSPS) is 13.6. The van der Waals surface area contributed by atoms with Crippen LogP contribution in [-0.2, 0) is 4.79 Å². The molecule has 4 rings (SSSR count). The van der Waals surface area contributed by atoms with Crippen LogP contribution >= 0.6 is 0 Å². The molecule has 3 aromatic rings. The molecule has 9 nitrogen and oxygen atoms in total. The van der Waals surface area contributed by atoms with Crippen LogP contribution in [0.2, 0.25) is 0 Å². The molecule has 0 unspecified atom stereocenters. The number of ether oxygens (including phenoxy) is 2. The lowest BCUT2D eigenvalue weighted by Crippen LogP contribution is -2.44. The summed E-state index contributed by atoms with van der Waals surface area (Å²) in [6.07, 6.45) is 1.64. The van der Waals surface area contributed by atoms with Crippen molar-refractivity contribution < 1.29 is 19.1 Å². The zero-order chi connectivity index (χ0) is 28.5. The summed E-state index contributed by atoms with van der Waals surface area (Å²) in [4.78, 5) is 32.4. The minimum Gasteiger partial charge on any atom is -0.497 e. The molecule has 9 heteroatoms. The molecule has 0 saturated carbocycles. The van der Waals surface area contributed by atoms with E-state index in [9.17, 15) is 9.59 Å². The molecule has 0 spiro atoms. The van der Waals surface area contributed by atoms with Gasteiger partial charge in [0.25, 0.3) is 5.91 Å². The molecule has 2 aromatic carbocycles. The maximum atomic E-state index is 13.4. The van der Waals surface area contributed by atoms with Gasteiger partial charge in [0, 0.05) is 43.9 Å². The number of rotatable bonds is 10. The van der Waals surface area contributed by atoms with Gasteiger partial charge < -0.3 is 24.2 Å². The van der Waals surface area contributed by atoms with Crippen molar-refractivity contribution in [2.75, 3.05) is 58.4 Å². The molecule has 0 atom stereocenters. The molecular formula is C31H39N5O4. The van der Waals surface area contributed by atoms with Crippen LogP contribution in [0.4, 0.5) is 5.82 Å². The van der Waals surface area contributed by atoms with Crippen molar-refractivity contribution >= 4 is 17.6 Å². The number of aromatic nitrogens is 2. The predicted molar refractivity (Wildman–Crippen MR) is 156 cm³/mol. The number of hydrogen-bond donors (Lipinski definition) is 0. The first-order valence-corrected chi connectivity index (χ1v) is 13.8. The molecule has 2 heterocycles. The monoisotopic (exact) mass is 545 g/mol. The molecule has 1 aromatic heterocycles. The van der Waals surface area contributed by atoms with E-state index >= 15 is 0 Å². The fraction of sp³-hybridized carbons (Fsp3) is 0.419. The Hall–Kier alpha value is -4.14. The summed E-state index contributed by atoms with van der Waals surface area (Å²) in [6, 6.07) is 18.7. The van der Waals surface area contributed by atoms with Crippen LogP contribution in [0.15, 0.2) is 60.7 Å².